The number of ether oxygens (including phenoxy) is 1. The van der Waals surface area contributed by atoms with Gasteiger partial charge in [-0.25, -0.2) is 8.42 Å². The van der Waals surface area contributed by atoms with Crippen LogP contribution < -0.4 is 10.1 Å². The Morgan fingerprint density at radius 1 is 1.07 bits per heavy atom. The number of amides is 1. The van der Waals surface area contributed by atoms with Crippen molar-refractivity contribution in [2.75, 3.05) is 25.5 Å². The lowest BCUT2D eigenvalue weighted by Crippen LogP contribution is -2.27. The van der Waals surface area contributed by atoms with Crippen molar-refractivity contribution >= 4 is 33.4 Å². The first kappa shape index (κ1) is 20.7. The summed E-state index contributed by atoms with van der Waals surface area (Å²) in [4.78, 5) is 13.7. The number of anilines is 1. The maximum atomic E-state index is 12.6. The van der Waals surface area contributed by atoms with Gasteiger partial charge in [0.25, 0.3) is 0 Å². The average Bonchev–Trinajstić information content (AvgIpc) is 3.25. The first-order valence-corrected chi connectivity index (χ1v) is 11.4. The summed E-state index contributed by atoms with van der Waals surface area (Å²) >= 11 is 1.44. The Morgan fingerprint density at radius 2 is 1.68 bits per heavy atom. The fourth-order valence-electron chi connectivity index (χ4n) is 2.94. The van der Waals surface area contributed by atoms with Crippen LogP contribution in [0.5, 0.6) is 5.75 Å². The van der Waals surface area contributed by atoms with E-state index in [-0.39, 0.29) is 16.1 Å². The molecule has 1 saturated heterocycles. The molecule has 28 heavy (non-hydrogen) atoms. The molecular weight excluding hydrogens is 396 g/mol. The van der Waals surface area contributed by atoms with Crippen LogP contribution in [0.4, 0.5) is 5.69 Å². The van der Waals surface area contributed by atoms with Gasteiger partial charge in [-0.15, -0.1) is 11.8 Å². The van der Waals surface area contributed by atoms with E-state index in [0.717, 1.165) is 23.5 Å². The molecule has 0 saturated carbocycles. The van der Waals surface area contributed by atoms with Gasteiger partial charge in [0.15, 0.2) is 0 Å². The van der Waals surface area contributed by atoms with Crippen molar-refractivity contribution in [2.24, 2.45) is 0 Å². The Labute approximate surface area is 170 Å². The second-order valence-electron chi connectivity index (χ2n) is 6.56. The van der Waals surface area contributed by atoms with E-state index in [4.69, 9.17) is 4.74 Å². The maximum absolute atomic E-state index is 12.6. The Balaban J connectivity index is 1.60. The van der Waals surface area contributed by atoms with E-state index in [1.165, 1.54) is 16.1 Å². The zero-order valence-electron chi connectivity index (χ0n) is 15.9. The summed E-state index contributed by atoms with van der Waals surface area (Å²) < 4.78 is 31.7. The van der Waals surface area contributed by atoms with Crippen molar-refractivity contribution in [1.29, 1.82) is 0 Å². The van der Waals surface area contributed by atoms with E-state index in [9.17, 15) is 13.2 Å². The smallest absolute Gasteiger partial charge is 0.243 e. The van der Waals surface area contributed by atoms with Crippen molar-refractivity contribution in [1.82, 2.24) is 4.31 Å². The van der Waals surface area contributed by atoms with Gasteiger partial charge >= 0.3 is 0 Å². The molecule has 1 N–H and O–H groups in total. The highest BCUT2D eigenvalue weighted by molar-refractivity contribution is 8.00. The molecular formula is C20H24N2O4S2. The summed E-state index contributed by atoms with van der Waals surface area (Å²) in [7, 11) is -1.83. The number of methoxy groups -OCH3 is 1. The quantitative estimate of drug-likeness (QED) is 0.693. The summed E-state index contributed by atoms with van der Waals surface area (Å²) in [5.74, 6) is 0.626. The van der Waals surface area contributed by atoms with Gasteiger partial charge in [-0.3, -0.25) is 4.79 Å². The standard InChI is InChI=1S/C20H24N2O4S2/c1-15(27-18-9-7-17(26-2)8-10-18)20(23)21-16-5-11-19(12-6-16)28(24,25)22-13-3-4-14-22/h5-12,15H,3-4,13-14H2,1-2H3,(H,21,23). The molecule has 0 radical (unpaired) electrons. The molecule has 1 amide bonds. The highest BCUT2D eigenvalue weighted by atomic mass is 32.2. The minimum Gasteiger partial charge on any atom is -0.497 e. The van der Waals surface area contributed by atoms with Gasteiger partial charge in [-0.1, -0.05) is 0 Å². The molecule has 0 bridgehead atoms. The largest absolute Gasteiger partial charge is 0.497 e. The molecule has 6 nitrogen and oxygen atoms in total. The lowest BCUT2D eigenvalue weighted by atomic mass is 10.3. The molecule has 0 spiro atoms. The number of nitrogens with one attached hydrogen (secondary N) is 1. The lowest BCUT2D eigenvalue weighted by Gasteiger charge is -2.16. The first-order valence-electron chi connectivity index (χ1n) is 9.12. The number of sulfonamides is 1. The molecule has 0 aromatic heterocycles. The third-order valence-electron chi connectivity index (χ3n) is 4.57. The molecule has 1 heterocycles. The third-order valence-corrected chi connectivity index (χ3v) is 7.59. The van der Waals surface area contributed by atoms with Crippen molar-refractivity contribution in [2.45, 2.75) is 34.8 Å². The molecule has 8 heteroatoms. The monoisotopic (exact) mass is 420 g/mol. The van der Waals surface area contributed by atoms with Crippen molar-refractivity contribution < 1.29 is 17.9 Å². The van der Waals surface area contributed by atoms with Crippen LogP contribution in [0, 0.1) is 0 Å². The Morgan fingerprint density at radius 3 is 2.25 bits per heavy atom. The van der Waals surface area contributed by atoms with Crippen LogP contribution in [0.2, 0.25) is 0 Å². The summed E-state index contributed by atoms with van der Waals surface area (Å²) in [6.45, 7) is 2.97. The minimum absolute atomic E-state index is 0.143. The predicted octanol–water partition coefficient (Wildman–Crippen LogP) is 3.60. The Kier molecular flexibility index (Phi) is 6.64. The van der Waals surface area contributed by atoms with Crippen LogP contribution in [-0.4, -0.2) is 44.1 Å². The summed E-state index contributed by atoms with van der Waals surface area (Å²) in [5.41, 5.74) is 0.576. The number of hydrogen-bond donors (Lipinski definition) is 1. The van der Waals surface area contributed by atoms with E-state index in [2.05, 4.69) is 5.32 Å². The van der Waals surface area contributed by atoms with Gasteiger partial charge in [0.05, 0.1) is 17.3 Å². The molecule has 0 aliphatic carbocycles. The summed E-state index contributed by atoms with van der Waals surface area (Å²) in [6, 6.07) is 13.9. The number of carbonyl (C=O) groups excluding carboxylic acids is 1. The maximum Gasteiger partial charge on any atom is 0.243 e. The molecule has 2 aromatic rings. The van der Waals surface area contributed by atoms with Crippen molar-refractivity contribution in [3.8, 4) is 5.75 Å². The van der Waals surface area contributed by atoms with Gasteiger partial charge in [-0.05, 0) is 68.3 Å². The number of rotatable bonds is 7. The topological polar surface area (TPSA) is 75.7 Å². The normalized spacial score (nSPS) is 15.9. The molecule has 1 aliphatic rings. The van der Waals surface area contributed by atoms with Crippen LogP contribution in [0.15, 0.2) is 58.3 Å². The predicted molar refractivity (Wildman–Crippen MR) is 111 cm³/mol. The molecule has 2 aromatic carbocycles. The number of nitrogens with zero attached hydrogens (tertiary/aromatic N) is 1. The fourth-order valence-corrected chi connectivity index (χ4v) is 5.33. The Hall–Kier alpha value is -2.03. The van der Waals surface area contributed by atoms with E-state index >= 15 is 0 Å². The second kappa shape index (κ2) is 8.98. The summed E-state index contributed by atoms with van der Waals surface area (Å²) in [6.07, 6.45) is 1.80. The van der Waals surface area contributed by atoms with Gasteiger partial charge in [-0.2, -0.15) is 4.31 Å². The number of carbonyl (C=O) groups is 1. The highest BCUT2D eigenvalue weighted by Crippen LogP contribution is 2.27. The second-order valence-corrected chi connectivity index (χ2v) is 9.91. The molecule has 3 rings (SSSR count). The Bertz CT molecular complexity index is 906. The van der Waals surface area contributed by atoms with Gasteiger partial charge in [0.2, 0.25) is 15.9 Å². The van der Waals surface area contributed by atoms with Crippen LogP contribution >= 0.6 is 11.8 Å². The minimum atomic E-state index is -3.44. The average molecular weight is 421 g/mol. The van der Waals surface area contributed by atoms with Crippen molar-refractivity contribution in [3.05, 3.63) is 48.5 Å². The highest BCUT2D eigenvalue weighted by Gasteiger charge is 2.27. The zero-order valence-corrected chi connectivity index (χ0v) is 17.6. The summed E-state index contributed by atoms with van der Waals surface area (Å²) in [5, 5.41) is 2.54. The molecule has 1 fully saturated rings. The fraction of sp³-hybridized carbons (Fsp3) is 0.350. The molecule has 150 valence electrons. The van der Waals surface area contributed by atoms with Gasteiger partial charge in [0.1, 0.15) is 5.75 Å². The first-order chi connectivity index (χ1) is 13.4. The van der Waals surface area contributed by atoms with Crippen LogP contribution in [0.1, 0.15) is 19.8 Å². The van der Waals surface area contributed by atoms with Gasteiger partial charge in [0, 0.05) is 23.7 Å². The van der Waals surface area contributed by atoms with Crippen LogP contribution in [0.25, 0.3) is 0 Å². The van der Waals surface area contributed by atoms with Crippen LogP contribution in [0.3, 0.4) is 0 Å². The number of benzene rings is 2. The molecule has 1 atom stereocenters. The zero-order chi connectivity index (χ0) is 20.1. The number of thioether (sulfide) groups is 1. The van der Waals surface area contributed by atoms with Crippen LogP contribution in [-0.2, 0) is 14.8 Å². The SMILES string of the molecule is COc1ccc(SC(C)C(=O)Nc2ccc(S(=O)(=O)N3CCCC3)cc2)cc1. The molecule has 1 aliphatic heterocycles. The van der Waals surface area contributed by atoms with Gasteiger partial charge < -0.3 is 10.1 Å². The van der Waals surface area contributed by atoms with Crippen molar-refractivity contribution in [3.63, 3.8) is 0 Å². The third kappa shape index (κ3) is 4.87. The lowest BCUT2D eigenvalue weighted by molar-refractivity contribution is -0.115. The van der Waals surface area contributed by atoms with E-state index in [0.29, 0.717) is 18.8 Å². The molecule has 1 unspecified atom stereocenters. The van der Waals surface area contributed by atoms with E-state index in [1.807, 2.05) is 31.2 Å². The number of hydrogen-bond acceptors (Lipinski definition) is 5. The van der Waals surface area contributed by atoms with E-state index in [1.54, 1.807) is 31.4 Å². The van der Waals surface area contributed by atoms with E-state index < -0.39 is 10.0 Å².